The maximum atomic E-state index is 11.7. The number of amides is 2. The summed E-state index contributed by atoms with van der Waals surface area (Å²) in [4.78, 5) is 22.1. The summed E-state index contributed by atoms with van der Waals surface area (Å²) in [7, 11) is 0. The van der Waals surface area contributed by atoms with Crippen LogP contribution in [0.3, 0.4) is 0 Å². The lowest BCUT2D eigenvalue weighted by Crippen LogP contribution is -2.48. The maximum absolute atomic E-state index is 11.7. The zero-order valence-corrected chi connectivity index (χ0v) is 12.7. The van der Waals surface area contributed by atoms with E-state index in [9.17, 15) is 9.59 Å². The first kappa shape index (κ1) is 17.7. The molecule has 1 atom stereocenters. The predicted octanol–water partition coefficient (Wildman–Crippen LogP) is 2.61. The fraction of sp³-hybridized carbons (Fsp3) is 0.857. The van der Waals surface area contributed by atoms with E-state index in [-0.39, 0.29) is 30.5 Å². The highest BCUT2D eigenvalue weighted by atomic mass is 16.4. The second-order valence-corrected chi connectivity index (χ2v) is 6.43. The quantitative estimate of drug-likeness (QED) is 0.666. The van der Waals surface area contributed by atoms with Crippen LogP contribution in [0.4, 0.5) is 4.79 Å². The van der Waals surface area contributed by atoms with Crippen LogP contribution in [0.5, 0.6) is 0 Å². The second-order valence-electron chi connectivity index (χ2n) is 6.43. The summed E-state index contributed by atoms with van der Waals surface area (Å²) in [5.41, 5.74) is -0.0149. The van der Waals surface area contributed by atoms with Crippen LogP contribution in [0.1, 0.15) is 53.9 Å². The van der Waals surface area contributed by atoms with Crippen LogP contribution in [0.25, 0.3) is 0 Å². The van der Waals surface area contributed by atoms with E-state index >= 15 is 0 Å². The van der Waals surface area contributed by atoms with E-state index in [1.807, 2.05) is 0 Å². The summed E-state index contributed by atoms with van der Waals surface area (Å²) in [5, 5.41) is 14.0. The summed E-state index contributed by atoms with van der Waals surface area (Å²) in [6, 6.07) is -0.204. The zero-order chi connectivity index (χ0) is 15.1. The van der Waals surface area contributed by atoms with E-state index in [2.05, 4.69) is 45.3 Å². The van der Waals surface area contributed by atoms with Gasteiger partial charge in [-0.15, -0.1) is 0 Å². The summed E-state index contributed by atoms with van der Waals surface area (Å²) >= 11 is 0. The van der Waals surface area contributed by atoms with E-state index in [0.29, 0.717) is 5.92 Å². The van der Waals surface area contributed by atoms with Gasteiger partial charge in [0.25, 0.3) is 0 Å². The molecular formula is C14H28N2O3. The number of hydrogen-bond acceptors (Lipinski definition) is 2. The molecule has 1 unspecified atom stereocenters. The maximum Gasteiger partial charge on any atom is 0.315 e. The van der Waals surface area contributed by atoms with Crippen molar-refractivity contribution in [2.75, 3.05) is 6.54 Å². The highest BCUT2D eigenvalue weighted by Crippen LogP contribution is 2.24. The first-order valence-corrected chi connectivity index (χ1v) is 6.89. The van der Waals surface area contributed by atoms with Crippen molar-refractivity contribution in [3.63, 3.8) is 0 Å². The lowest BCUT2D eigenvalue weighted by Gasteiger charge is -2.32. The summed E-state index contributed by atoms with van der Waals surface area (Å²) in [6.07, 6.45) is 1.92. The fourth-order valence-corrected chi connectivity index (χ4v) is 1.71. The molecule has 0 fully saturated rings. The Balaban J connectivity index is 4.24. The molecule has 0 saturated heterocycles. The number of aliphatic carboxylic acids is 1. The molecule has 19 heavy (non-hydrogen) atoms. The molecular weight excluding hydrogens is 244 g/mol. The van der Waals surface area contributed by atoms with Gasteiger partial charge in [0.1, 0.15) is 0 Å². The average Bonchev–Trinajstić information content (AvgIpc) is 2.21. The van der Waals surface area contributed by atoms with Gasteiger partial charge in [0, 0.05) is 12.6 Å². The molecule has 0 bridgehead atoms. The minimum atomic E-state index is -0.910. The predicted molar refractivity (Wildman–Crippen MR) is 76.1 cm³/mol. The Morgan fingerprint density at radius 2 is 1.74 bits per heavy atom. The third kappa shape index (κ3) is 9.33. The monoisotopic (exact) mass is 272 g/mol. The number of carboxylic acid groups (broad SMARTS) is 1. The standard InChI is InChI=1S/C14H28N2O3/c1-10(2)6-7-11(14(3,4)5)16-13(19)15-9-8-12(17)18/h10-11H,6-9H2,1-5H3,(H,17,18)(H2,15,16,19). The summed E-state index contributed by atoms with van der Waals surface area (Å²) in [6.45, 7) is 10.8. The van der Waals surface area contributed by atoms with E-state index in [1.165, 1.54) is 0 Å². The Kier molecular flexibility index (Phi) is 7.49. The average molecular weight is 272 g/mol. The van der Waals surface area contributed by atoms with Gasteiger partial charge in [-0.2, -0.15) is 0 Å². The Hall–Kier alpha value is -1.26. The number of hydrogen-bond donors (Lipinski definition) is 3. The highest BCUT2D eigenvalue weighted by molar-refractivity contribution is 5.75. The zero-order valence-electron chi connectivity index (χ0n) is 12.7. The van der Waals surface area contributed by atoms with Crippen LogP contribution in [0.2, 0.25) is 0 Å². The smallest absolute Gasteiger partial charge is 0.315 e. The van der Waals surface area contributed by atoms with Gasteiger partial charge in [-0.05, 0) is 24.2 Å². The van der Waals surface area contributed by atoms with Gasteiger partial charge in [0.2, 0.25) is 0 Å². The molecule has 0 radical (unpaired) electrons. The number of rotatable bonds is 7. The van der Waals surface area contributed by atoms with Crippen molar-refractivity contribution in [3.05, 3.63) is 0 Å². The number of carboxylic acids is 1. The van der Waals surface area contributed by atoms with Crippen molar-refractivity contribution < 1.29 is 14.7 Å². The second kappa shape index (κ2) is 8.02. The third-order valence-corrected chi connectivity index (χ3v) is 3.01. The lowest BCUT2D eigenvalue weighted by atomic mass is 9.83. The van der Waals surface area contributed by atoms with Crippen LogP contribution in [-0.2, 0) is 4.79 Å². The topological polar surface area (TPSA) is 78.4 Å². The van der Waals surface area contributed by atoms with Gasteiger partial charge < -0.3 is 15.7 Å². The van der Waals surface area contributed by atoms with Crippen LogP contribution >= 0.6 is 0 Å². The number of nitrogens with one attached hydrogen (secondary N) is 2. The highest BCUT2D eigenvalue weighted by Gasteiger charge is 2.26. The molecule has 0 aliphatic carbocycles. The minimum Gasteiger partial charge on any atom is -0.481 e. The van der Waals surface area contributed by atoms with Crippen molar-refractivity contribution in [2.45, 2.75) is 59.9 Å². The van der Waals surface area contributed by atoms with E-state index in [1.54, 1.807) is 0 Å². The molecule has 2 amide bonds. The Morgan fingerprint density at radius 1 is 1.16 bits per heavy atom. The molecule has 0 rings (SSSR count). The normalized spacial score (nSPS) is 13.2. The van der Waals surface area contributed by atoms with Crippen molar-refractivity contribution in [2.24, 2.45) is 11.3 Å². The molecule has 3 N–H and O–H groups in total. The molecule has 0 aliphatic rings. The number of carbonyl (C=O) groups excluding carboxylic acids is 1. The first-order chi connectivity index (χ1) is 8.62. The largest absolute Gasteiger partial charge is 0.481 e. The molecule has 0 aromatic heterocycles. The van der Waals surface area contributed by atoms with Gasteiger partial charge in [0.15, 0.2) is 0 Å². The van der Waals surface area contributed by atoms with Crippen LogP contribution in [0, 0.1) is 11.3 Å². The Bertz CT molecular complexity index is 296. The summed E-state index contributed by atoms with van der Waals surface area (Å²) < 4.78 is 0. The molecule has 0 aliphatic heterocycles. The van der Waals surface area contributed by atoms with Crippen LogP contribution < -0.4 is 10.6 Å². The van der Waals surface area contributed by atoms with Crippen molar-refractivity contribution in [3.8, 4) is 0 Å². The molecule has 0 aromatic carbocycles. The molecule has 112 valence electrons. The third-order valence-electron chi connectivity index (χ3n) is 3.01. The van der Waals surface area contributed by atoms with Crippen LogP contribution in [-0.4, -0.2) is 29.7 Å². The number of carbonyl (C=O) groups is 2. The molecule has 5 nitrogen and oxygen atoms in total. The number of urea groups is 1. The van der Waals surface area contributed by atoms with Gasteiger partial charge in [0.05, 0.1) is 6.42 Å². The first-order valence-electron chi connectivity index (χ1n) is 6.89. The Labute approximate surface area is 116 Å². The van der Waals surface area contributed by atoms with Gasteiger partial charge in [-0.1, -0.05) is 34.6 Å². The summed E-state index contributed by atoms with van der Waals surface area (Å²) in [5.74, 6) is -0.311. The van der Waals surface area contributed by atoms with Crippen molar-refractivity contribution in [1.29, 1.82) is 0 Å². The molecule has 5 heteroatoms. The fourth-order valence-electron chi connectivity index (χ4n) is 1.71. The van der Waals surface area contributed by atoms with Crippen LogP contribution in [0.15, 0.2) is 0 Å². The minimum absolute atomic E-state index is 0.0149. The van der Waals surface area contributed by atoms with E-state index in [4.69, 9.17) is 5.11 Å². The van der Waals surface area contributed by atoms with Gasteiger partial charge >= 0.3 is 12.0 Å². The van der Waals surface area contributed by atoms with Gasteiger partial charge in [-0.3, -0.25) is 4.79 Å². The van der Waals surface area contributed by atoms with Crippen molar-refractivity contribution in [1.82, 2.24) is 10.6 Å². The van der Waals surface area contributed by atoms with Gasteiger partial charge in [-0.25, -0.2) is 4.79 Å². The van der Waals surface area contributed by atoms with E-state index in [0.717, 1.165) is 12.8 Å². The lowest BCUT2D eigenvalue weighted by molar-refractivity contribution is -0.136. The molecule has 0 aromatic rings. The Morgan fingerprint density at radius 3 is 2.16 bits per heavy atom. The van der Waals surface area contributed by atoms with Crippen molar-refractivity contribution >= 4 is 12.0 Å². The SMILES string of the molecule is CC(C)CCC(NC(=O)NCCC(=O)O)C(C)(C)C. The molecule has 0 spiro atoms. The molecule has 0 heterocycles. The van der Waals surface area contributed by atoms with E-state index < -0.39 is 5.97 Å². The molecule has 0 saturated carbocycles.